The summed E-state index contributed by atoms with van der Waals surface area (Å²) in [5.74, 6) is 0.509. The van der Waals surface area contributed by atoms with E-state index in [9.17, 15) is 9.59 Å². The summed E-state index contributed by atoms with van der Waals surface area (Å²) in [7, 11) is 0. The molecule has 0 fully saturated rings. The normalized spacial score (nSPS) is 19.9. The first-order valence-corrected chi connectivity index (χ1v) is 9.99. The zero-order valence-corrected chi connectivity index (χ0v) is 17.6. The lowest BCUT2D eigenvalue weighted by atomic mass is 9.79. The van der Waals surface area contributed by atoms with Crippen molar-refractivity contribution in [1.29, 1.82) is 0 Å². The quantitative estimate of drug-likeness (QED) is 0.403. The molecule has 0 saturated carbocycles. The molecule has 1 atom stereocenters. The van der Waals surface area contributed by atoms with Crippen molar-refractivity contribution >= 4 is 11.8 Å². The van der Waals surface area contributed by atoms with Gasteiger partial charge in [-0.3, -0.25) is 4.79 Å². The van der Waals surface area contributed by atoms with Crippen LogP contribution in [0.25, 0.3) is 0 Å². The number of carbonyl (C=O) groups excluding carboxylic acids is 2. The largest absolute Gasteiger partial charge is 0.465 e. The molecule has 1 rings (SSSR count). The summed E-state index contributed by atoms with van der Waals surface area (Å²) >= 11 is 0. The van der Waals surface area contributed by atoms with Gasteiger partial charge in [-0.05, 0) is 57.9 Å². The molecule has 0 bridgehead atoms. The molecule has 0 aliphatic carbocycles. The van der Waals surface area contributed by atoms with Gasteiger partial charge in [0.1, 0.15) is 5.78 Å². The van der Waals surface area contributed by atoms with E-state index in [2.05, 4.69) is 44.7 Å². The highest BCUT2D eigenvalue weighted by atomic mass is 16.5. The number of Topliss-reactive ketones (excluding diaryl/α,β-unsaturated/α-hetero) is 1. The van der Waals surface area contributed by atoms with Gasteiger partial charge in [-0.1, -0.05) is 26.0 Å². The zero-order chi connectivity index (χ0) is 19.7. The van der Waals surface area contributed by atoms with Crippen LogP contribution in [0.4, 0.5) is 0 Å². The Bertz CT molecular complexity index is 546. The van der Waals surface area contributed by atoms with Gasteiger partial charge in [0.05, 0.1) is 6.61 Å². The number of ketones is 1. The summed E-state index contributed by atoms with van der Waals surface area (Å²) < 4.78 is 5.24. The van der Waals surface area contributed by atoms with Gasteiger partial charge in [0.25, 0.3) is 0 Å². The fourth-order valence-electron chi connectivity index (χ4n) is 3.93. The number of nitrogens with zero attached hydrogens (tertiary/aromatic N) is 1. The first-order valence-electron chi connectivity index (χ1n) is 9.99. The van der Waals surface area contributed by atoms with Crippen molar-refractivity contribution in [2.24, 2.45) is 5.92 Å². The maximum Gasteiger partial charge on any atom is 0.302 e. The van der Waals surface area contributed by atoms with Crippen molar-refractivity contribution in [3.05, 3.63) is 23.4 Å². The van der Waals surface area contributed by atoms with E-state index in [1.807, 2.05) is 0 Å². The monoisotopic (exact) mass is 363 g/mol. The third-order valence-corrected chi connectivity index (χ3v) is 5.06. The van der Waals surface area contributed by atoms with Gasteiger partial charge >= 0.3 is 5.97 Å². The minimum atomic E-state index is -0.229. The molecule has 0 N–H and O–H groups in total. The fourth-order valence-corrected chi connectivity index (χ4v) is 3.93. The van der Waals surface area contributed by atoms with Gasteiger partial charge in [0.2, 0.25) is 0 Å². The zero-order valence-electron chi connectivity index (χ0n) is 17.6. The lowest BCUT2D eigenvalue weighted by Gasteiger charge is -2.49. The Morgan fingerprint density at radius 2 is 1.96 bits per heavy atom. The van der Waals surface area contributed by atoms with Gasteiger partial charge in [0.15, 0.2) is 0 Å². The molecule has 0 spiro atoms. The third kappa shape index (κ3) is 6.97. The number of carbonyl (C=O) groups is 2. The molecule has 0 radical (unpaired) electrons. The summed E-state index contributed by atoms with van der Waals surface area (Å²) in [5.41, 5.74) is 2.72. The summed E-state index contributed by atoms with van der Waals surface area (Å²) in [6.45, 7) is 13.5. The lowest BCUT2D eigenvalue weighted by molar-refractivity contribution is -0.141. The maximum atomic E-state index is 11.2. The van der Waals surface area contributed by atoms with Crippen molar-refractivity contribution in [2.45, 2.75) is 85.6 Å². The molecule has 1 aliphatic heterocycles. The van der Waals surface area contributed by atoms with Crippen LogP contribution in [0.1, 0.15) is 80.1 Å². The van der Waals surface area contributed by atoms with Gasteiger partial charge in [-0.25, -0.2) is 0 Å². The number of hydrogen-bond acceptors (Lipinski definition) is 4. The maximum absolute atomic E-state index is 11.2. The highest BCUT2D eigenvalue weighted by Crippen LogP contribution is 2.40. The number of unbranched alkanes of at least 4 members (excludes halogenated alkanes) is 1. The second-order valence-electron chi connectivity index (χ2n) is 8.03. The van der Waals surface area contributed by atoms with E-state index in [1.54, 1.807) is 6.92 Å². The Morgan fingerprint density at radius 1 is 1.27 bits per heavy atom. The predicted molar refractivity (Wildman–Crippen MR) is 107 cm³/mol. The van der Waals surface area contributed by atoms with E-state index in [-0.39, 0.29) is 17.3 Å². The van der Waals surface area contributed by atoms with Crippen LogP contribution in [0.15, 0.2) is 23.4 Å². The number of ether oxygens (including phenoxy) is 1. The SMILES string of the molecule is CC/C=C/C1=C(CCOC(C)=O)N(CCCCC(C)=O)C(C)(C)CC1C. The van der Waals surface area contributed by atoms with Crippen molar-refractivity contribution in [1.82, 2.24) is 4.90 Å². The van der Waals surface area contributed by atoms with Crippen LogP contribution < -0.4 is 0 Å². The van der Waals surface area contributed by atoms with E-state index in [0.29, 0.717) is 18.9 Å². The smallest absolute Gasteiger partial charge is 0.302 e. The van der Waals surface area contributed by atoms with Crippen LogP contribution in [0.2, 0.25) is 0 Å². The molecule has 0 aromatic rings. The van der Waals surface area contributed by atoms with Crippen LogP contribution in [0, 0.1) is 5.92 Å². The van der Waals surface area contributed by atoms with Crippen LogP contribution >= 0.6 is 0 Å². The Kier molecular flexibility index (Phi) is 9.11. The number of hydrogen-bond donors (Lipinski definition) is 0. The van der Waals surface area contributed by atoms with Crippen molar-refractivity contribution < 1.29 is 14.3 Å². The Morgan fingerprint density at radius 3 is 2.54 bits per heavy atom. The molecule has 1 aliphatic rings. The van der Waals surface area contributed by atoms with E-state index in [1.165, 1.54) is 18.2 Å². The highest BCUT2D eigenvalue weighted by molar-refractivity contribution is 5.75. The second kappa shape index (κ2) is 10.5. The van der Waals surface area contributed by atoms with E-state index < -0.39 is 0 Å². The molecule has 0 aromatic carbocycles. The predicted octanol–water partition coefficient (Wildman–Crippen LogP) is 5.04. The number of rotatable bonds is 10. The molecular weight excluding hydrogens is 326 g/mol. The van der Waals surface area contributed by atoms with E-state index in [4.69, 9.17) is 4.74 Å². The summed E-state index contributed by atoms with van der Waals surface area (Å²) in [4.78, 5) is 24.9. The molecule has 4 heteroatoms. The van der Waals surface area contributed by atoms with Crippen molar-refractivity contribution in [3.8, 4) is 0 Å². The molecule has 0 saturated heterocycles. The lowest BCUT2D eigenvalue weighted by Crippen LogP contribution is -2.49. The van der Waals surface area contributed by atoms with E-state index >= 15 is 0 Å². The van der Waals surface area contributed by atoms with Crippen LogP contribution in [-0.2, 0) is 14.3 Å². The summed E-state index contributed by atoms with van der Waals surface area (Å²) in [6.07, 6.45) is 9.89. The Balaban J connectivity index is 3.05. The van der Waals surface area contributed by atoms with Gasteiger partial charge in [-0.15, -0.1) is 0 Å². The fraction of sp³-hybridized carbons (Fsp3) is 0.727. The number of esters is 1. The average molecular weight is 364 g/mol. The van der Waals surface area contributed by atoms with Crippen molar-refractivity contribution in [3.63, 3.8) is 0 Å². The van der Waals surface area contributed by atoms with Crippen LogP contribution in [0.5, 0.6) is 0 Å². The second-order valence-corrected chi connectivity index (χ2v) is 8.03. The van der Waals surface area contributed by atoms with Crippen LogP contribution in [-0.4, -0.2) is 35.3 Å². The molecule has 26 heavy (non-hydrogen) atoms. The average Bonchev–Trinajstić information content (AvgIpc) is 2.51. The van der Waals surface area contributed by atoms with Crippen LogP contribution in [0.3, 0.4) is 0 Å². The standard InChI is InChI=1S/C22H37NO3/c1-7-8-12-20-17(2)16-22(5,6)23(14-10-9-11-18(3)24)21(20)13-15-26-19(4)25/h8,12,17H,7,9-11,13-16H2,1-6H3/b12-8+. The number of allylic oxidation sites excluding steroid dienone is 3. The summed E-state index contributed by atoms with van der Waals surface area (Å²) in [5, 5.41) is 0. The Labute approximate surface area is 159 Å². The topological polar surface area (TPSA) is 46.6 Å². The van der Waals surface area contributed by atoms with E-state index in [0.717, 1.165) is 38.6 Å². The molecule has 4 nitrogen and oxygen atoms in total. The molecular formula is C22H37NO3. The van der Waals surface area contributed by atoms with Crippen molar-refractivity contribution in [2.75, 3.05) is 13.2 Å². The molecule has 1 unspecified atom stereocenters. The van der Waals surface area contributed by atoms with Gasteiger partial charge < -0.3 is 14.4 Å². The molecule has 0 amide bonds. The first-order chi connectivity index (χ1) is 12.2. The first kappa shape index (κ1) is 22.5. The summed E-state index contributed by atoms with van der Waals surface area (Å²) in [6, 6.07) is 0. The van der Waals surface area contributed by atoms with Gasteiger partial charge in [0, 0.05) is 37.5 Å². The Hall–Kier alpha value is -1.58. The highest BCUT2D eigenvalue weighted by Gasteiger charge is 2.36. The van der Waals surface area contributed by atoms with Gasteiger partial charge in [-0.2, -0.15) is 0 Å². The minimum absolute atomic E-state index is 0.0603. The molecule has 0 aromatic heterocycles. The minimum Gasteiger partial charge on any atom is -0.465 e. The molecule has 1 heterocycles. The third-order valence-electron chi connectivity index (χ3n) is 5.06. The molecule has 148 valence electrons.